The standard InChI is InChI=1S/C9H10O3/c1-4-7-5-2-3-6(12-5)8(7)9(10)11-4/h2-3,5-10H,1H2. The fourth-order valence-corrected chi connectivity index (χ4v) is 2.39. The van der Waals surface area contributed by atoms with Crippen molar-refractivity contribution in [2.75, 3.05) is 0 Å². The first-order chi connectivity index (χ1) is 5.77. The number of fused-ring (bicyclic) bond motifs is 5. The van der Waals surface area contributed by atoms with Gasteiger partial charge >= 0.3 is 0 Å². The Hall–Kier alpha value is -0.800. The summed E-state index contributed by atoms with van der Waals surface area (Å²) in [6.07, 6.45) is 3.43. The van der Waals surface area contributed by atoms with Crippen LogP contribution in [0.4, 0.5) is 0 Å². The molecule has 2 bridgehead atoms. The van der Waals surface area contributed by atoms with Gasteiger partial charge in [0.2, 0.25) is 6.29 Å². The van der Waals surface area contributed by atoms with Crippen molar-refractivity contribution in [3.63, 3.8) is 0 Å². The molecule has 0 saturated carbocycles. The second-order valence-electron chi connectivity index (χ2n) is 3.53. The van der Waals surface area contributed by atoms with Crippen LogP contribution in [0, 0.1) is 11.8 Å². The molecular weight excluding hydrogens is 156 g/mol. The van der Waals surface area contributed by atoms with Gasteiger partial charge in [0.15, 0.2) is 0 Å². The highest BCUT2D eigenvalue weighted by atomic mass is 16.6. The highest BCUT2D eigenvalue weighted by molar-refractivity contribution is 5.23. The van der Waals surface area contributed by atoms with Crippen LogP contribution in [-0.4, -0.2) is 23.6 Å². The van der Waals surface area contributed by atoms with Crippen LogP contribution >= 0.6 is 0 Å². The Morgan fingerprint density at radius 2 is 2.08 bits per heavy atom. The average molecular weight is 166 g/mol. The van der Waals surface area contributed by atoms with E-state index in [9.17, 15) is 5.11 Å². The molecule has 0 aromatic heterocycles. The molecule has 3 rings (SSSR count). The van der Waals surface area contributed by atoms with Gasteiger partial charge in [0.1, 0.15) is 0 Å². The van der Waals surface area contributed by atoms with Crippen LogP contribution in [0.3, 0.4) is 0 Å². The maximum absolute atomic E-state index is 9.49. The minimum absolute atomic E-state index is 0.0363. The minimum Gasteiger partial charge on any atom is -0.469 e. The first-order valence-electron chi connectivity index (χ1n) is 4.14. The monoisotopic (exact) mass is 166 g/mol. The van der Waals surface area contributed by atoms with Crippen LogP contribution in [0.5, 0.6) is 0 Å². The van der Waals surface area contributed by atoms with E-state index in [0.29, 0.717) is 5.76 Å². The van der Waals surface area contributed by atoms with Gasteiger partial charge in [0, 0.05) is 0 Å². The zero-order chi connectivity index (χ0) is 8.29. The molecule has 0 aromatic carbocycles. The van der Waals surface area contributed by atoms with Crippen molar-refractivity contribution >= 4 is 0 Å². The lowest BCUT2D eigenvalue weighted by Gasteiger charge is -2.15. The van der Waals surface area contributed by atoms with Crippen molar-refractivity contribution in [1.82, 2.24) is 0 Å². The molecule has 5 atom stereocenters. The summed E-state index contributed by atoms with van der Waals surface area (Å²) in [7, 11) is 0. The molecule has 3 heterocycles. The number of hydrogen-bond acceptors (Lipinski definition) is 3. The second-order valence-corrected chi connectivity index (χ2v) is 3.53. The Balaban J connectivity index is 2.03. The van der Waals surface area contributed by atoms with Crippen molar-refractivity contribution in [3.05, 3.63) is 24.5 Å². The molecule has 5 unspecified atom stereocenters. The maximum atomic E-state index is 9.49. The molecule has 0 amide bonds. The van der Waals surface area contributed by atoms with Gasteiger partial charge in [-0.15, -0.1) is 0 Å². The zero-order valence-electron chi connectivity index (χ0n) is 6.51. The largest absolute Gasteiger partial charge is 0.469 e. The quantitative estimate of drug-likeness (QED) is 0.530. The molecule has 0 radical (unpaired) electrons. The topological polar surface area (TPSA) is 38.7 Å². The van der Waals surface area contributed by atoms with Crippen molar-refractivity contribution in [1.29, 1.82) is 0 Å². The molecule has 2 fully saturated rings. The molecule has 64 valence electrons. The van der Waals surface area contributed by atoms with Gasteiger partial charge in [-0.2, -0.15) is 0 Å². The first kappa shape index (κ1) is 6.69. The van der Waals surface area contributed by atoms with E-state index in [1.165, 1.54) is 0 Å². The predicted octanol–water partition coefficient (Wildman–Crippen LogP) is 0.418. The molecular formula is C9H10O3. The predicted molar refractivity (Wildman–Crippen MR) is 41.0 cm³/mol. The number of aliphatic hydroxyl groups excluding tert-OH is 1. The molecule has 0 aromatic rings. The highest BCUT2D eigenvalue weighted by Gasteiger charge is 2.55. The Bertz CT molecular complexity index is 271. The average Bonchev–Trinajstić information content (AvgIpc) is 2.64. The zero-order valence-corrected chi connectivity index (χ0v) is 6.51. The molecule has 3 heteroatoms. The normalized spacial score (nSPS) is 54.4. The van der Waals surface area contributed by atoms with Gasteiger partial charge in [-0.05, 0) is 0 Å². The Labute approximate surface area is 70.3 Å². The van der Waals surface area contributed by atoms with Crippen molar-refractivity contribution in [2.45, 2.75) is 18.5 Å². The van der Waals surface area contributed by atoms with Gasteiger partial charge in [-0.3, -0.25) is 0 Å². The summed E-state index contributed by atoms with van der Waals surface area (Å²) < 4.78 is 10.7. The van der Waals surface area contributed by atoms with Crippen LogP contribution in [0.25, 0.3) is 0 Å². The Morgan fingerprint density at radius 1 is 1.33 bits per heavy atom. The summed E-state index contributed by atoms with van der Waals surface area (Å²) >= 11 is 0. The lowest BCUT2D eigenvalue weighted by Crippen LogP contribution is -2.27. The lowest BCUT2D eigenvalue weighted by atomic mass is 9.84. The minimum atomic E-state index is -0.720. The van der Waals surface area contributed by atoms with Crippen LogP contribution in [0.15, 0.2) is 24.5 Å². The molecule has 0 spiro atoms. The number of aliphatic hydroxyl groups is 1. The van der Waals surface area contributed by atoms with Crippen LogP contribution < -0.4 is 0 Å². The van der Waals surface area contributed by atoms with E-state index in [2.05, 4.69) is 6.58 Å². The van der Waals surface area contributed by atoms with Crippen molar-refractivity contribution in [3.8, 4) is 0 Å². The van der Waals surface area contributed by atoms with Crippen molar-refractivity contribution in [2.24, 2.45) is 11.8 Å². The smallest absolute Gasteiger partial charge is 0.203 e. The summed E-state index contributed by atoms with van der Waals surface area (Å²) in [5, 5.41) is 9.49. The lowest BCUT2D eigenvalue weighted by molar-refractivity contribution is -0.0824. The second kappa shape index (κ2) is 1.92. The van der Waals surface area contributed by atoms with Crippen LogP contribution in [0.2, 0.25) is 0 Å². The molecule has 3 aliphatic heterocycles. The van der Waals surface area contributed by atoms with Crippen molar-refractivity contribution < 1.29 is 14.6 Å². The fraction of sp³-hybridized carbons (Fsp3) is 0.556. The van der Waals surface area contributed by atoms with E-state index in [1.807, 2.05) is 12.2 Å². The third-order valence-electron chi connectivity index (χ3n) is 2.93. The van der Waals surface area contributed by atoms with Gasteiger partial charge in [0.25, 0.3) is 0 Å². The highest BCUT2D eigenvalue weighted by Crippen LogP contribution is 2.49. The van der Waals surface area contributed by atoms with Gasteiger partial charge in [-0.25, -0.2) is 0 Å². The molecule has 2 saturated heterocycles. The molecule has 3 aliphatic rings. The molecule has 1 N–H and O–H groups in total. The summed E-state index contributed by atoms with van der Waals surface area (Å²) in [6, 6.07) is 0. The third kappa shape index (κ3) is 0.597. The van der Waals surface area contributed by atoms with Gasteiger partial charge in [-0.1, -0.05) is 18.7 Å². The molecule has 3 nitrogen and oxygen atoms in total. The molecule has 12 heavy (non-hydrogen) atoms. The van der Waals surface area contributed by atoms with Gasteiger partial charge in [0.05, 0.1) is 29.8 Å². The summed E-state index contributed by atoms with van der Waals surface area (Å²) in [6.45, 7) is 3.77. The fourth-order valence-electron chi connectivity index (χ4n) is 2.39. The van der Waals surface area contributed by atoms with Crippen LogP contribution in [0.1, 0.15) is 0 Å². The van der Waals surface area contributed by atoms with E-state index >= 15 is 0 Å². The summed E-state index contributed by atoms with van der Waals surface area (Å²) in [5.74, 6) is 0.923. The first-order valence-corrected chi connectivity index (χ1v) is 4.14. The van der Waals surface area contributed by atoms with E-state index in [0.717, 1.165) is 0 Å². The Morgan fingerprint density at radius 3 is 2.83 bits per heavy atom. The van der Waals surface area contributed by atoms with E-state index in [-0.39, 0.29) is 24.0 Å². The summed E-state index contributed by atoms with van der Waals surface area (Å²) in [5.41, 5.74) is 0. The Kier molecular flexibility index (Phi) is 1.07. The maximum Gasteiger partial charge on any atom is 0.203 e. The molecule has 0 aliphatic carbocycles. The number of rotatable bonds is 0. The number of ether oxygens (including phenoxy) is 2. The van der Waals surface area contributed by atoms with Crippen LogP contribution in [-0.2, 0) is 9.47 Å². The SMILES string of the molecule is C=C1OC(O)C2C3C=CC(O3)C12. The number of hydrogen-bond donors (Lipinski definition) is 1. The van der Waals surface area contributed by atoms with E-state index in [1.54, 1.807) is 0 Å². The third-order valence-corrected chi connectivity index (χ3v) is 2.93. The van der Waals surface area contributed by atoms with E-state index in [4.69, 9.17) is 9.47 Å². The van der Waals surface area contributed by atoms with E-state index < -0.39 is 6.29 Å². The summed E-state index contributed by atoms with van der Waals surface area (Å²) in [4.78, 5) is 0. The van der Waals surface area contributed by atoms with Gasteiger partial charge < -0.3 is 14.6 Å².